The number of fused-ring (bicyclic) bond motifs is 1. The first-order valence-electron chi connectivity index (χ1n) is 7.05. The second-order valence-corrected chi connectivity index (χ2v) is 6.35. The molecule has 116 valence electrons. The van der Waals surface area contributed by atoms with Crippen molar-refractivity contribution < 1.29 is 9.90 Å². The largest absolute Gasteiger partial charge is 0.464 e. The second kappa shape index (κ2) is 5.66. The minimum absolute atomic E-state index is 0.152. The molecule has 4 nitrogen and oxygen atoms in total. The molecule has 1 heterocycles. The van der Waals surface area contributed by atoms with Gasteiger partial charge in [-0.1, -0.05) is 39.7 Å². The molecule has 0 spiro atoms. The highest BCUT2D eigenvalue weighted by Gasteiger charge is 2.18. The fourth-order valence-corrected chi connectivity index (χ4v) is 3.09. The highest BCUT2D eigenvalue weighted by molar-refractivity contribution is 9.10. The molecule has 0 fully saturated rings. The van der Waals surface area contributed by atoms with E-state index in [0.29, 0.717) is 27.7 Å². The van der Waals surface area contributed by atoms with Gasteiger partial charge in [-0.25, -0.2) is 9.36 Å². The third kappa shape index (κ3) is 2.57. The van der Waals surface area contributed by atoms with Crippen LogP contribution >= 0.6 is 15.9 Å². The van der Waals surface area contributed by atoms with Gasteiger partial charge in [-0.15, -0.1) is 0 Å². The number of halogens is 1. The molecule has 0 saturated carbocycles. The van der Waals surface area contributed by atoms with E-state index in [1.54, 1.807) is 25.1 Å². The van der Waals surface area contributed by atoms with E-state index in [-0.39, 0.29) is 5.43 Å². The molecule has 0 atom stereocenters. The van der Waals surface area contributed by atoms with Gasteiger partial charge < -0.3 is 5.11 Å². The van der Waals surface area contributed by atoms with Gasteiger partial charge in [0.05, 0.1) is 5.52 Å². The molecule has 0 unspecified atom stereocenters. The molecule has 0 aliphatic carbocycles. The quantitative estimate of drug-likeness (QED) is 0.681. The van der Waals surface area contributed by atoms with Crippen molar-refractivity contribution in [3.05, 3.63) is 68.4 Å². The molecule has 5 heteroatoms. The molecule has 23 heavy (non-hydrogen) atoms. The lowest BCUT2D eigenvalue weighted by molar-refractivity contribution is 0.197. The zero-order valence-corrected chi connectivity index (χ0v) is 14.2. The summed E-state index contributed by atoms with van der Waals surface area (Å²) in [4.78, 5) is 24.7. The number of aryl methyl sites for hydroxylation is 1. The van der Waals surface area contributed by atoms with Crippen molar-refractivity contribution in [2.24, 2.45) is 0 Å². The lowest BCUT2D eigenvalue weighted by Gasteiger charge is -2.15. The summed E-state index contributed by atoms with van der Waals surface area (Å²) in [5, 5.41) is 10.0. The topological polar surface area (TPSA) is 59.3 Å². The molecule has 2 aromatic carbocycles. The van der Waals surface area contributed by atoms with Crippen LogP contribution in [0.5, 0.6) is 0 Å². The number of pyridine rings is 1. The van der Waals surface area contributed by atoms with Crippen LogP contribution in [0, 0.1) is 13.8 Å². The van der Waals surface area contributed by atoms with Gasteiger partial charge in [0, 0.05) is 21.1 Å². The summed E-state index contributed by atoms with van der Waals surface area (Å²) in [7, 11) is 0. The van der Waals surface area contributed by atoms with Crippen molar-refractivity contribution in [2.75, 3.05) is 0 Å². The number of aromatic nitrogens is 1. The van der Waals surface area contributed by atoms with Gasteiger partial charge in [0.2, 0.25) is 0 Å². The highest BCUT2D eigenvalue weighted by atomic mass is 79.9. The molecular formula is C18H14BrNO3. The van der Waals surface area contributed by atoms with E-state index in [1.807, 2.05) is 31.2 Å². The second-order valence-electron chi connectivity index (χ2n) is 5.44. The SMILES string of the molecule is Cc1ccc2c(c1)c(=O)c(-c1ccc(Br)cc1)c(C)n2C(=O)O. The summed E-state index contributed by atoms with van der Waals surface area (Å²) in [6.07, 6.45) is -1.10. The lowest BCUT2D eigenvalue weighted by atomic mass is 10.00. The first-order valence-corrected chi connectivity index (χ1v) is 7.84. The summed E-state index contributed by atoms with van der Waals surface area (Å²) >= 11 is 3.36. The van der Waals surface area contributed by atoms with Crippen LogP contribution in [-0.2, 0) is 0 Å². The number of hydrogen-bond donors (Lipinski definition) is 1. The molecule has 1 aromatic heterocycles. The average Bonchev–Trinajstić information content (AvgIpc) is 2.50. The third-order valence-electron chi connectivity index (χ3n) is 3.89. The number of carboxylic acid groups (broad SMARTS) is 1. The van der Waals surface area contributed by atoms with E-state index in [4.69, 9.17) is 0 Å². The lowest BCUT2D eigenvalue weighted by Crippen LogP contribution is -2.20. The Balaban J connectivity index is 2.49. The van der Waals surface area contributed by atoms with Crippen LogP contribution in [0.3, 0.4) is 0 Å². The summed E-state index contributed by atoms with van der Waals surface area (Å²) < 4.78 is 2.07. The standard InChI is InChI=1S/C18H14BrNO3/c1-10-3-8-15-14(9-10)17(21)16(11(2)20(15)18(22)23)12-4-6-13(19)7-5-12/h3-9H,1-2H3,(H,22,23). The van der Waals surface area contributed by atoms with Crippen molar-refractivity contribution in [3.8, 4) is 11.1 Å². The highest BCUT2D eigenvalue weighted by Crippen LogP contribution is 2.26. The summed E-state index contributed by atoms with van der Waals surface area (Å²) in [6.45, 7) is 3.54. The molecule has 3 aromatic rings. The van der Waals surface area contributed by atoms with Crippen molar-refractivity contribution >= 4 is 32.9 Å². The molecule has 0 saturated heterocycles. The number of hydrogen-bond acceptors (Lipinski definition) is 2. The molecule has 0 radical (unpaired) electrons. The minimum atomic E-state index is -1.10. The van der Waals surface area contributed by atoms with Crippen LogP contribution in [0.15, 0.2) is 51.7 Å². The minimum Gasteiger partial charge on any atom is -0.464 e. The van der Waals surface area contributed by atoms with Crippen LogP contribution in [0.25, 0.3) is 22.0 Å². The summed E-state index contributed by atoms with van der Waals surface area (Å²) in [5.41, 5.74) is 2.71. The molecule has 0 aliphatic heterocycles. The van der Waals surface area contributed by atoms with E-state index in [2.05, 4.69) is 15.9 Å². The number of benzene rings is 2. The predicted molar refractivity (Wildman–Crippen MR) is 94.2 cm³/mol. The van der Waals surface area contributed by atoms with Crippen molar-refractivity contribution in [1.82, 2.24) is 4.57 Å². The maximum Gasteiger partial charge on any atom is 0.416 e. The van der Waals surface area contributed by atoms with Crippen molar-refractivity contribution in [2.45, 2.75) is 13.8 Å². The van der Waals surface area contributed by atoms with Gasteiger partial charge in [0.1, 0.15) is 0 Å². The Morgan fingerprint density at radius 3 is 2.35 bits per heavy atom. The zero-order valence-electron chi connectivity index (χ0n) is 12.6. The molecular weight excluding hydrogens is 358 g/mol. The first-order chi connectivity index (χ1) is 10.9. The van der Waals surface area contributed by atoms with Crippen LogP contribution in [0.1, 0.15) is 11.3 Å². The van der Waals surface area contributed by atoms with Gasteiger partial charge >= 0.3 is 6.09 Å². The van der Waals surface area contributed by atoms with E-state index in [9.17, 15) is 14.7 Å². The molecule has 0 bridgehead atoms. The Bertz CT molecular complexity index is 988. The summed E-state index contributed by atoms with van der Waals surface area (Å²) in [6, 6.07) is 12.5. The number of nitrogens with zero attached hydrogens (tertiary/aromatic N) is 1. The molecule has 0 aliphatic rings. The molecule has 0 amide bonds. The van der Waals surface area contributed by atoms with Gasteiger partial charge in [-0.05, 0) is 43.7 Å². The van der Waals surface area contributed by atoms with E-state index >= 15 is 0 Å². The van der Waals surface area contributed by atoms with Gasteiger partial charge in [-0.3, -0.25) is 4.79 Å². The molecule has 3 rings (SSSR count). The summed E-state index contributed by atoms with van der Waals surface area (Å²) in [5.74, 6) is 0. The predicted octanol–water partition coefficient (Wildman–Crippen LogP) is 4.57. The van der Waals surface area contributed by atoms with Crippen LogP contribution in [0.2, 0.25) is 0 Å². The Hall–Kier alpha value is -2.40. The maximum absolute atomic E-state index is 12.9. The Kier molecular flexibility index (Phi) is 3.82. The fraction of sp³-hybridized carbons (Fsp3) is 0.111. The van der Waals surface area contributed by atoms with Crippen LogP contribution < -0.4 is 5.43 Å². The first kappa shape index (κ1) is 15.5. The van der Waals surface area contributed by atoms with Crippen LogP contribution in [0.4, 0.5) is 4.79 Å². The fourth-order valence-electron chi connectivity index (χ4n) is 2.82. The van der Waals surface area contributed by atoms with Gasteiger partial charge in [-0.2, -0.15) is 0 Å². The van der Waals surface area contributed by atoms with Crippen LogP contribution in [-0.4, -0.2) is 15.8 Å². The Labute approximate surface area is 141 Å². The number of rotatable bonds is 1. The normalized spacial score (nSPS) is 10.9. The van der Waals surface area contributed by atoms with Crippen molar-refractivity contribution in [3.63, 3.8) is 0 Å². The number of carbonyl (C=O) groups is 1. The Morgan fingerprint density at radius 1 is 1.09 bits per heavy atom. The molecule has 1 N–H and O–H groups in total. The van der Waals surface area contributed by atoms with Gasteiger partial charge in [0.25, 0.3) is 0 Å². The maximum atomic E-state index is 12.9. The smallest absolute Gasteiger partial charge is 0.416 e. The monoisotopic (exact) mass is 371 g/mol. The van der Waals surface area contributed by atoms with E-state index in [0.717, 1.165) is 10.0 Å². The van der Waals surface area contributed by atoms with E-state index < -0.39 is 6.09 Å². The average molecular weight is 372 g/mol. The zero-order chi connectivity index (χ0) is 16.7. The third-order valence-corrected chi connectivity index (χ3v) is 4.41. The Morgan fingerprint density at radius 2 is 1.74 bits per heavy atom. The van der Waals surface area contributed by atoms with Crippen molar-refractivity contribution in [1.29, 1.82) is 0 Å². The van der Waals surface area contributed by atoms with Gasteiger partial charge in [0.15, 0.2) is 5.43 Å². The van der Waals surface area contributed by atoms with E-state index in [1.165, 1.54) is 4.57 Å².